The summed E-state index contributed by atoms with van der Waals surface area (Å²) in [6, 6.07) is 2.97. The number of aromatic nitrogens is 1. The van der Waals surface area contributed by atoms with Crippen molar-refractivity contribution in [2.45, 2.75) is 56.8 Å². The maximum absolute atomic E-state index is 16.0. The second-order valence-corrected chi connectivity index (χ2v) is 14.4. The Hall–Kier alpha value is -4.40. The summed E-state index contributed by atoms with van der Waals surface area (Å²) in [6.45, 7) is 3.32. The first-order valence-corrected chi connectivity index (χ1v) is 17.6. The number of halogens is 3. The van der Waals surface area contributed by atoms with Gasteiger partial charge in [-0.1, -0.05) is 25.1 Å². The summed E-state index contributed by atoms with van der Waals surface area (Å²) >= 11 is 1.38. The van der Waals surface area contributed by atoms with Crippen LogP contribution in [0.5, 0.6) is 5.75 Å². The quantitative estimate of drug-likeness (QED) is 0.310. The number of morpholine rings is 1. The highest BCUT2D eigenvalue weighted by Gasteiger charge is 2.51. The highest BCUT2D eigenvalue weighted by atomic mass is 32.1. The lowest BCUT2D eigenvalue weighted by Gasteiger charge is -2.52. The third-order valence-corrected chi connectivity index (χ3v) is 11.5. The minimum absolute atomic E-state index is 0.0606. The first kappa shape index (κ1) is 31.6. The van der Waals surface area contributed by atoms with Crippen molar-refractivity contribution >= 4 is 29.0 Å². The van der Waals surface area contributed by atoms with Crippen molar-refractivity contribution in [3.8, 4) is 16.9 Å². The van der Waals surface area contributed by atoms with E-state index in [9.17, 15) is 14.4 Å². The summed E-state index contributed by atoms with van der Waals surface area (Å²) in [7, 11) is 0. The predicted octanol–water partition coefficient (Wildman–Crippen LogP) is 5.91. The van der Waals surface area contributed by atoms with Gasteiger partial charge in [-0.3, -0.25) is 19.3 Å². The van der Waals surface area contributed by atoms with Gasteiger partial charge in [-0.15, -0.1) is 11.3 Å². The number of amides is 1. The Kier molecular flexibility index (Phi) is 7.31. The van der Waals surface area contributed by atoms with Crippen LogP contribution in [0, 0.1) is 11.7 Å². The molecule has 0 spiro atoms. The molecule has 2 saturated heterocycles. The molecule has 1 aromatic carbocycles. The average Bonchev–Trinajstić information content (AvgIpc) is 3.46. The van der Waals surface area contributed by atoms with E-state index in [0.29, 0.717) is 49.2 Å². The van der Waals surface area contributed by atoms with E-state index in [1.807, 2.05) is 11.1 Å². The molecule has 9 rings (SSSR count). The Balaban J connectivity index is 1.27. The first-order chi connectivity index (χ1) is 24.1. The van der Waals surface area contributed by atoms with Crippen molar-refractivity contribution in [2.75, 3.05) is 38.0 Å². The van der Waals surface area contributed by atoms with Crippen LogP contribution in [0.1, 0.15) is 64.3 Å². The van der Waals surface area contributed by atoms with Gasteiger partial charge in [0.2, 0.25) is 11.2 Å². The number of nitrogens with zero attached hydrogens (tertiary/aromatic N) is 3. The van der Waals surface area contributed by atoms with E-state index >= 15 is 13.2 Å². The van der Waals surface area contributed by atoms with E-state index in [1.54, 1.807) is 16.3 Å². The second kappa shape index (κ2) is 11.6. The molecule has 10 nitrogen and oxygen atoms in total. The third kappa shape index (κ3) is 4.71. The van der Waals surface area contributed by atoms with Gasteiger partial charge in [-0.05, 0) is 46.1 Å². The number of hydrogen-bond donors (Lipinski definition) is 0. The van der Waals surface area contributed by atoms with E-state index < -0.39 is 65.3 Å². The molecule has 3 aliphatic heterocycles. The Bertz CT molecular complexity index is 2080. The smallest absolute Gasteiger partial charge is 0.430 e. The summed E-state index contributed by atoms with van der Waals surface area (Å²) in [4.78, 5) is 43.1. The molecular weight excluding hydrogens is 675 g/mol. The highest BCUT2D eigenvalue weighted by molar-refractivity contribution is 7.12. The molecule has 1 amide bonds. The number of ether oxygens (including phenoxy) is 4. The highest BCUT2D eigenvalue weighted by Crippen LogP contribution is 2.58. The zero-order valence-corrected chi connectivity index (χ0v) is 27.8. The normalized spacial score (nSPS) is 25.0. The van der Waals surface area contributed by atoms with Crippen molar-refractivity contribution in [1.82, 2.24) is 9.58 Å². The number of benzene rings is 1. The van der Waals surface area contributed by atoms with Gasteiger partial charge in [-0.25, -0.2) is 18.0 Å². The van der Waals surface area contributed by atoms with Crippen LogP contribution in [0.3, 0.4) is 0 Å². The summed E-state index contributed by atoms with van der Waals surface area (Å²) in [5.41, 5.74) is 1.83. The maximum atomic E-state index is 16.0. The third-order valence-electron chi connectivity index (χ3n) is 10.5. The fraction of sp³-hybridized carbons (Fsp3) is 0.417. The number of allylic oxidation sites excluding steroid dienone is 2. The largest absolute Gasteiger partial charge is 0.514 e. The lowest BCUT2D eigenvalue weighted by Crippen LogP contribution is -2.66. The van der Waals surface area contributed by atoms with Crippen LogP contribution in [-0.4, -0.2) is 66.9 Å². The second-order valence-electron chi connectivity index (χ2n) is 13.5. The standard InChI is InChI=1S/C36H32F3N3O7S/c1-18-2-3-21-23(14-18)33-27-19(17-50-33)15-36(38,39)29-24(37)5-4-22(28(27)29)30(21)42-26-16-47-13-10-40(26)34(44)31-32(25(43)6-9-41(31)42)49-35(45)48-20-7-11-46-12-8-20/h2-6,9,17-18,20,26,30H,7-8,10-16H2,1H3. The van der Waals surface area contributed by atoms with Crippen LogP contribution in [0.25, 0.3) is 16.7 Å². The Morgan fingerprint density at radius 3 is 2.72 bits per heavy atom. The molecule has 2 aromatic heterocycles. The molecule has 3 atom stereocenters. The van der Waals surface area contributed by atoms with Crippen LogP contribution in [-0.2, 0) is 26.6 Å². The number of hydrogen-bond acceptors (Lipinski definition) is 9. The van der Waals surface area contributed by atoms with Gasteiger partial charge in [0.1, 0.15) is 18.1 Å². The first-order valence-electron chi connectivity index (χ1n) is 16.7. The van der Waals surface area contributed by atoms with E-state index in [-0.39, 0.29) is 36.9 Å². The molecule has 0 N–H and O–H groups in total. The fourth-order valence-electron chi connectivity index (χ4n) is 8.26. The molecule has 5 heterocycles. The molecule has 6 aliphatic rings. The molecule has 0 saturated carbocycles. The summed E-state index contributed by atoms with van der Waals surface area (Å²) in [5.74, 6) is -5.39. The van der Waals surface area contributed by atoms with Gasteiger partial charge in [-0.2, -0.15) is 0 Å². The van der Waals surface area contributed by atoms with E-state index in [0.717, 1.165) is 22.1 Å². The van der Waals surface area contributed by atoms with Crippen molar-refractivity contribution < 1.29 is 41.7 Å². The van der Waals surface area contributed by atoms with Crippen LogP contribution in [0.4, 0.5) is 18.0 Å². The van der Waals surface area contributed by atoms with Crippen molar-refractivity contribution in [3.05, 3.63) is 90.8 Å². The summed E-state index contributed by atoms with van der Waals surface area (Å²) in [5, 5.41) is 3.57. The van der Waals surface area contributed by atoms with Gasteiger partial charge in [0.25, 0.3) is 11.8 Å². The Labute approximate surface area is 288 Å². The number of pyridine rings is 1. The minimum Gasteiger partial charge on any atom is -0.430 e. The molecule has 3 unspecified atom stereocenters. The lowest BCUT2D eigenvalue weighted by molar-refractivity contribution is -0.0209. The molecule has 0 radical (unpaired) electrons. The molecule has 14 heteroatoms. The lowest BCUT2D eigenvalue weighted by atomic mass is 9.80. The molecule has 260 valence electrons. The number of carbonyl (C=O) groups excluding carboxylic acids is 2. The summed E-state index contributed by atoms with van der Waals surface area (Å²) < 4.78 is 71.4. The van der Waals surface area contributed by atoms with E-state index in [4.69, 9.17) is 18.9 Å². The van der Waals surface area contributed by atoms with Crippen LogP contribution in [0.15, 0.2) is 52.3 Å². The van der Waals surface area contributed by atoms with Crippen molar-refractivity contribution in [3.63, 3.8) is 0 Å². The number of carbonyl (C=O) groups is 2. The van der Waals surface area contributed by atoms with Gasteiger partial charge in [0, 0.05) is 54.1 Å². The molecule has 3 aliphatic carbocycles. The van der Waals surface area contributed by atoms with Crippen LogP contribution in [0.2, 0.25) is 0 Å². The molecule has 50 heavy (non-hydrogen) atoms. The number of thiophene rings is 1. The predicted molar refractivity (Wildman–Crippen MR) is 175 cm³/mol. The fourth-order valence-corrected chi connectivity index (χ4v) is 9.42. The van der Waals surface area contributed by atoms with Crippen molar-refractivity contribution in [1.29, 1.82) is 0 Å². The van der Waals surface area contributed by atoms with E-state index in [2.05, 4.69) is 13.0 Å². The maximum Gasteiger partial charge on any atom is 0.514 e. The van der Waals surface area contributed by atoms with Crippen molar-refractivity contribution in [2.24, 2.45) is 5.92 Å². The SMILES string of the molecule is CC1C=CC2=C(C1)c1scc3c1-c1c(ccc(F)c1C(F)(F)C3)C2N1C2COCCN2C(=O)c2c(OC(=O)OC3CCOCC3)c(=O)ccn21. The molecular formula is C36H32F3N3O7S. The topological polar surface area (TPSA) is 99.5 Å². The van der Waals surface area contributed by atoms with E-state index in [1.165, 1.54) is 28.3 Å². The summed E-state index contributed by atoms with van der Waals surface area (Å²) in [6.07, 6.45) is 4.03. The average molecular weight is 708 g/mol. The van der Waals surface area contributed by atoms with Crippen LogP contribution >= 0.6 is 11.3 Å². The van der Waals surface area contributed by atoms with Gasteiger partial charge >= 0.3 is 6.16 Å². The van der Waals surface area contributed by atoms with Crippen LogP contribution < -0.4 is 15.2 Å². The zero-order valence-electron chi connectivity index (χ0n) is 27.0. The number of fused-ring (bicyclic) bond motifs is 3. The Morgan fingerprint density at radius 1 is 1.08 bits per heavy atom. The number of rotatable bonds is 3. The van der Waals surface area contributed by atoms with Gasteiger partial charge in [0.05, 0.1) is 38.0 Å². The number of alkyl halides is 2. The molecule has 0 bridgehead atoms. The molecule has 3 aromatic rings. The zero-order chi connectivity index (χ0) is 34.5. The monoisotopic (exact) mass is 707 g/mol. The van der Waals surface area contributed by atoms with Gasteiger partial charge < -0.3 is 23.8 Å². The minimum atomic E-state index is -3.47. The Morgan fingerprint density at radius 2 is 1.90 bits per heavy atom. The molecule has 2 fully saturated rings. The van der Waals surface area contributed by atoms with Gasteiger partial charge in [0.15, 0.2) is 5.69 Å².